The predicted molar refractivity (Wildman–Crippen MR) is 147 cm³/mol. The number of hydrogen-bond donors (Lipinski definition) is 1. The minimum atomic E-state index is -4.15. The number of aryl methyl sites for hydroxylation is 1. The van der Waals surface area contributed by atoms with Crippen LogP contribution in [-0.2, 0) is 26.2 Å². The Labute approximate surface area is 228 Å². The van der Waals surface area contributed by atoms with Crippen LogP contribution in [0.15, 0.2) is 77.7 Å². The molecule has 0 aliphatic heterocycles. The lowest BCUT2D eigenvalue weighted by molar-refractivity contribution is -0.139. The Kier molecular flexibility index (Phi) is 9.59. The first-order chi connectivity index (χ1) is 17.5. The van der Waals surface area contributed by atoms with Crippen molar-refractivity contribution in [3.8, 4) is 0 Å². The summed E-state index contributed by atoms with van der Waals surface area (Å²) < 4.78 is 28.6. The van der Waals surface area contributed by atoms with Gasteiger partial charge in [-0.3, -0.25) is 13.9 Å². The zero-order valence-electron chi connectivity index (χ0n) is 20.8. The second kappa shape index (κ2) is 12.4. The summed E-state index contributed by atoms with van der Waals surface area (Å²) in [6, 6.07) is 18.8. The lowest BCUT2D eigenvalue weighted by Gasteiger charge is -2.32. The monoisotopic (exact) mass is 561 g/mol. The van der Waals surface area contributed by atoms with Gasteiger partial charge in [-0.05, 0) is 74.4 Å². The SMILES string of the molecule is CCNC(=O)[C@H](C)N(Cc1cccc(Cl)c1)C(=O)CN(c1ccccc1C)S(=O)(=O)c1ccc(Cl)cc1. The number of nitrogens with zero attached hydrogens (tertiary/aromatic N) is 2. The highest BCUT2D eigenvalue weighted by molar-refractivity contribution is 7.92. The molecule has 1 atom stereocenters. The number of carbonyl (C=O) groups is 2. The summed E-state index contributed by atoms with van der Waals surface area (Å²) in [7, 11) is -4.15. The van der Waals surface area contributed by atoms with E-state index in [1.165, 1.54) is 29.2 Å². The molecule has 3 rings (SSSR count). The van der Waals surface area contributed by atoms with Crippen molar-refractivity contribution in [3.05, 3.63) is 94.0 Å². The van der Waals surface area contributed by atoms with E-state index in [4.69, 9.17) is 23.2 Å². The summed E-state index contributed by atoms with van der Waals surface area (Å²) in [5.74, 6) is -0.889. The first-order valence-corrected chi connectivity index (χ1v) is 13.9. The molecule has 0 heterocycles. The van der Waals surface area contributed by atoms with Crippen LogP contribution in [-0.4, -0.2) is 44.3 Å². The van der Waals surface area contributed by atoms with Crippen LogP contribution in [0.25, 0.3) is 0 Å². The van der Waals surface area contributed by atoms with Gasteiger partial charge in [0.05, 0.1) is 10.6 Å². The first kappa shape index (κ1) is 28.5. The van der Waals surface area contributed by atoms with Gasteiger partial charge in [0.25, 0.3) is 10.0 Å². The van der Waals surface area contributed by atoms with Gasteiger partial charge < -0.3 is 10.2 Å². The van der Waals surface area contributed by atoms with Gasteiger partial charge in [0.2, 0.25) is 11.8 Å². The Morgan fingerprint density at radius 1 is 0.946 bits per heavy atom. The Morgan fingerprint density at radius 3 is 2.24 bits per heavy atom. The van der Waals surface area contributed by atoms with E-state index in [0.717, 1.165) is 4.31 Å². The molecule has 3 aromatic carbocycles. The molecular weight excluding hydrogens is 533 g/mol. The average molecular weight is 563 g/mol. The van der Waals surface area contributed by atoms with Gasteiger partial charge in [-0.25, -0.2) is 8.42 Å². The maximum Gasteiger partial charge on any atom is 0.264 e. The number of hydrogen-bond acceptors (Lipinski definition) is 4. The number of anilines is 1. The first-order valence-electron chi connectivity index (χ1n) is 11.7. The fourth-order valence-corrected chi connectivity index (χ4v) is 5.64. The van der Waals surface area contributed by atoms with Gasteiger partial charge in [-0.2, -0.15) is 0 Å². The molecule has 0 spiro atoms. The average Bonchev–Trinajstić information content (AvgIpc) is 2.86. The van der Waals surface area contributed by atoms with Crippen molar-refractivity contribution in [2.75, 3.05) is 17.4 Å². The topological polar surface area (TPSA) is 86.8 Å². The molecule has 10 heteroatoms. The van der Waals surface area contributed by atoms with Crippen molar-refractivity contribution in [1.82, 2.24) is 10.2 Å². The minimum Gasteiger partial charge on any atom is -0.355 e. The number of amides is 2. The molecule has 0 unspecified atom stereocenters. The molecule has 0 aromatic heterocycles. The van der Waals surface area contributed by atoms with E-state index in [-0.39, 0.29) is 17.3 Å². The summed E-state index contributed by atoms with van der Waals surface area (Å²) in [6.45, 7) is 5.11. The summed E-state index contributed by atoms with van der Waals surface area (Å²) in [5, 5.41) is 3.61. The summed E-state index contributed by atoms with van der Waals surface area (Å²) in [4.78, 5) is 27.9. The molecule has 0 bridgehead atoms. The van der Waals surface area contributed by atoms with Crippen molar-refractivity contribution in [1.29, 1.82) is 0 Å². The molecule has 0 aliphatic carbocycles. The molecule has 0 aliphatic rings. The third-order valence-corrected chi connectivity index (χ3v) is 8.09. The largest absolute Gasteiger partial charge is 0.355 e. The standard InChI is InChI=1S/C27H29Cl2N3O4S/c1-4-30-27(34)20(3)31(17-21-9-7-10-23(29)16-21)26(33)18-32(25-11-6-5-8-19(25)2)37(35,36)24-14-12-22(28)13-15-24/h5-16,20H,4,17-18H2,1-3H3,(H,30,34)/t20-/m0/s1. The number of halogens is 2. The van der Waals surface area contributed by atoms with Crippen molar-refractivity contribution < 1.29 is 18.0 Å². The maximum atomic E-state index is 13.8. The number of carbonyl (C=O) groups excluding carboxylic acids is 2. The van der Waals surface area contributed by atoms with E-state index in [9.17, 15) is 18.0 Å². The molecule has 0 fully saturated rings. The van der Waals surface area contributed by atoms with E-state index in [2.05, 4.69) is 5.32 Å². The summed E-state index contributed by atoms with van der Waals surface area (Å²) in [5.41, 5.74) is 1.74. The highest BCUT2D eigenvalue weighted by atomic mass is 35.5. The number of nitrogens with one attached hydrogen (secondary N) is 1. The van der Waals surface area contributed by atoms with E-state index in [1.54, 1.807) is 69.3 Å². The highest BCUT2D eigenvalue weighted by Gasteiger charge is 2.33. The van der Waals surface area contributed by atoms with Crippen LogP contribution in [0.3, 0.4) is 0 Å². The van der Waals surface area contributed by atoms with Crippen LogP contribution < -0.4 is 9.62 Å². The summed E-state index contributed by atoms with van der Waals surface area (Å²) >= 11 is 12.1. The zero-order chi connectivity index (χ0) is 27.2. The van der Waals surface area contributed by atoms with Gasteiger partial charge in [0.15, 0.2) is 0 Å². The third kappa shape index (κ3) is 7.03. The third-order valence-electron chi connectivity index (χ3n) is 5.82. The van der Waals surface area contributed by atoms with E-state index in [1.807, 2.05) is 0 Å². The minimum absolute atomic E-state index is 0.00822. The smallest absolute Gasteiger partial charge is 0.264 e. The number of sulfonamides is 1. The second-order valence-electron chi connectivity index (χ2n) is 8.47. The fourth-order valence-electron chi connectivity index (χ4n) is 3.83. The van der Waals surface area contributed by atoms with Gasteiger partial charge in [0, 0.05) is 23.1 Å². The maximum absolute atomic E-state index is 13.8. The molecule has 196 valence electrons. The molecule has 0 radical (unpaired) electrons. The number of rotatable bonds is 10. The zero-order valence-corrected chi connectivity index (χ0v) is 23.1. The van der Waals surface area contributed by atoms with E-state index < -0.39 is 28.5 Å². The van der Waals surface area contributed by atoms with E-state index >= 15 is 0 Å². The predicted octanol–water partition coefficient (Wildman–Crippen LogP) is 5.05. The van der Waals surface area contributed by atoms with Crippen LogP contribution in [0.2, 0.25) is 10.0 Å². The lowest BCUT2D eigenvalue weighted by Crippen LogP contribution is -2.51. The van der Waals surface area contributed by atoms with Crippen LogP contribution in [0.4, 0.5) is 5.69 Å². The molecule has 7 nitrogen and oxygen atoms in total. The Bertz CT molecular complexity index is 1360. The van der Waals surface area contributed by atoms with Gasteiger partial charge in [-0.15, -0.1) is 0 Å². The Morgan fingerprint density at radius 2 is 1.62 bits per heavy atom. The van der Waals surface area contributed by atoms with Crippen molar-refractivity contribution in [2.45, 2.75) is 38.3 Å². The Balaban J connectivity index is 2.04. The summed E-state index contributed by atoms with van der Waals surface area (Å²) in [6.07, 6.45) is 0. The highest BCUT2D eigenvalue weighted by Crippen LogP contribution is 2.28. The van der Waals surface area contributed by atoms with Crippen LogP contribution >= 0.6 is 23.2 Å². The van der Waals surface area contributed by atoms with Gasteiger partial charge in [-0.1, -0.05) is 53.5 Å². The number of benzene rings is 3. The van der Waals surface area contributed by atoms with Crippen molar-refractivity contribution >= 4 is 50.7 Å². The van der Waals surface area contributed by atoms with Crippen LogP contribution in [0, 0.1) is 6.92 Å². The number of para-hydroxylation sites is 1. The quantitative estimate of drug-likeness (QED) is 0.375. The van der Waals surface area contributed by atoms with Gasteiger partial charge >= 0.3 is 0 Å². The second-order valence-corrected chi connectivity index (χ2v) is 11.2. The molecule has 3 aromatic rings. The molecule has 37 heavy (non-hydrogen) atoms. The van der Waals surface area contributed by atoms with Crippen molar-refractivity contribution in [3.63, 3.8) is 0 Å². The molecule has 0 saturated heterocycles. The fraction of sp³-hybridized carbons (Fsp3) is 0.259. The molecule has 2 amide bonds. The van der Waals surface area contributed by atoms with Crippen LogP contribution in [0.5, 0.6) is 0 Å². The Hall–Kier alpha value is -3.07. The normalized spacial score (nSPS) is 12.0. The molecule has 1 N–H and O–H groups in total. The molecule has 0 saturated carbocycles. The number of likely N-dealkylation sites (N-methyl/N-ethyl adjacent to an activating group) is 1. The van der Waals surface area contributed by atoms with Crippen LogP contribution in [0.1, 0.15) is 25.0 Å². The van der Waals surface area contributed by atoms with Crippen molar-refractivity contribution in [2.24, 2.45) is 0 Å². The lowest BCUT2D eigenvalue weighted by atomic mass is 10.1. The molecular formula is C27H29Cl2N3O4S. The van der Waals surface area contributed by atoms with Gasteiger partial charge in [0.1, 0.15) is 12.6 Å². The van der Waals surface area contributed by atoms with E-state index in [0.29, 0.717) is 33.4 Å².